The molecule has 2 aromatic carbocycles. The number of benzene rings is 2. The van der Waals surface area contributed by atoms with Crippen molar-refractivity contribution in [3.05, 3.63) is 58.9 Å². The third-order valence-corrected chi connectivity index (χ3v) is 6.58. The molecule has 0 bridgehead atoms. The predicted molar refractivity (Wildman–Crippen MR) is 127 cm³/mol. The highest BCUT2D eigenvalue weighted by Crippen LogP contribution is 2.36. The lowest BCUT2D eigenvalue weighted by atomic mass is 10.1. The van der Waals surface area contributed by atoms with Crippen LogP contribution in [0.4, 0.5) is 5.69 Å². The molecule has 1 aromatic heterocycles. The van der Waals surface area contributed by atoms with Gasteiger partial charge in [-0.05, 0) is 49.6 Å². The van der Waals surface area contributed by atoms with Crippen LogP contribution in [0.25, 0.3) is 11.5 Å². The number of nitrogens with zero attached hydrogens (tertiary/aromatic N) is 4. The highest BCUT2D eigenvalue weighted by atomic mass is 35.5. The van der Waals surface area contributed by atoms with Crippen molar-refractivity contribution in [3.63, 3.8) is 0 Å². The maximum absolute atomic E-state index is 13.5. The van der Waals surface area contributed by atoms with Crippen molar-refractivity contribution in [2.45, 2.75) is 38.8 Å². The maximum Gasteiger partial charge on any atom is 0.249 e. The highest BCUT2D eigenvalue weighted by molar-refractivity contribution is 6.33. The zero-order valence-corrected chi connectivity index (χ0v) is 19.8. The fraction of sp³-hybridized carbons (Fsp3) is 0.360. The van der Waals surface area contributed by atoms with E-state index in [1.54, 1.807) is 23.0 Å². The molecule has 5 rings (SSSR count). The van der Waals surface area contributed by atoms with E-state index in [2.05, 4.69) is 10.2 Å². The molecule has 1 saturated carbocycles. The van der Waals surface area contributed by atoms with Gasteiger partial charge < -0.3 is 19.0 Å². The second-order valence-electron chi connectivity index (χ2n) is 8.76. The first-order valence-electron chi connectivity index (χ1n) is 11.3. The van der Waals surface area contributed by atoms with Crippen LogP contribution in [0.1, 0.15) is 30.7 Å². The molecular weight excluding hydrogens is 456 g/mol. The van der Waals surface area contributed by atoms with Gasteiger partial charge in [-0.1, -0.05) is 29.8 Å². The number of aryl methyl sites for hydroxylation is 1. The Morgan fingerprint density at radius 2 is 2.03 bits per heavy atom. The van der Waals surface area contributed by atoms with E-state index in [0.29, 0.717) is 40.3 Å². The standard InChI is InChI=1S/C25H25ClN4O4/c1-15-7-10-21(33-2)20(11-15)30-13-16(12-23(30)31)25(32)29(17-8-9-17)14-22-27-28-24(34-22)18-5-3-4-6-19(18)26/h3-7,10-11,16-17H,8-9,12-14H2,1-2H3/t16-/m0/s1. The quantitative estimate of drug-likeness (QED) is 0.502. The Hall–Kier alpha value is -3.39. The van der Waals surface area contributed by atoms with Crippen LogP contribution in [-0.2, 0) is 16.1 Å². The molecule has 8 nitrogen and oxygen atoms in total. The zero-order valence-electron chi connectivity index (χ0n) is 19.0. The van der Waals surface area contributed by atoms with E-state index in [9.17, 15) is 9.59 Å². The smallest absolute Gasteiger partial charge is 0.249 e. The SMILES string of the molecule is COc1ccc(C)cc1N1C[C@@H](C(=O)N(Cc2nnc(-c3ccccc3Cl)o2)C2CC2)CC1=O. The van der Waals surface area contributed by atoms with E-state index in [0.717, 1.165) is 18.4 Å². The third kappa shape index (κ3) is 4.37. The Labute approximate surface area is 202 Å². The predicted octanol–water partition coefficient (Wildman–Crippen LogP) is 4.25. The summed E-state index contributed by atoms with van der Waals surface area (Å²) in [7, 11) is 1.58. The minimum Gasteiger partial charge on any atom is -0.495 e. The number of methoxy groups -OCH3 is 1. The van der Waals surface area contributed by atoms with Gasteiger partial charge in [0.1, 0.15) is 5.75 Å². The summed E-state index contributed by atoms with van der Waals surface area (Å²) in [5.41, 5.74) is 2.36. The zero-order chi connectivity index (χ0) is 23.8. The molecule has 2 fully saturated rings. The van der Waals surface area contributed by atoms with Crippen LogP contribution < -0.4 is 9.64 Å². The monoisotopic (exact) mass is 480 g/mol. The van der Waals surface area contributed by atoms with Crippen molar-refractivity contribution in [3.8, 4) is 17.2 Å². The number of rotatable bonds is 7. The maximum atomic E-state index is 13.5. The van der Waals surface area contributed by atoms with Crippen molar-refractivity contribution >= 4 is 29.1 Å². The molecule has 176 valence electrons. The van der Waals surface area contributed by atoms with Gasteiger partial charge in [-0.2, -0.15) is 0 Å². The molecule has 0 radical (unpaired) electrons. The fourth-order valence-corrected chi connectivity index (χ4v) is 4.55. The lowest BCUT2D eigenvalue weighted by Gasteiger charge is -2.24. The van der Waals surface area contributed by atoms with Crippen LogP contribution in [0.2, 0.25) is 5.02 Å². The first kappa shape index (κ1) is 22.4. The summed E-state index contributed by atoms with van der Waals surface area (Å²) in [4.78, 5) is 29.8. The summed E-state index contributed by atoms with van der Waals surface area (Å²) in [6.45, 7) is 2.48. The molecule has 1 aliphatic heterocycles. The van der Waals surface area contributed by atoms with Crippen LogP contribution in [0, 0.1) is 12.8 Å². The summed E-state index contributed by atoms with van der Waals surface area (Å²) in [6.07, 6.45) is 2.01. The van der Waals surface area contributed by atoms with E-state index in [4.69, 9.17) is 20.8 Å². The summed E-state index contributed by atoms with van der Waals surface area (Å²) in [6, 6.07) is 13.1. The summed E-state index contributed by atoms with van der Waals surface area (Å²) < 4.78 is 11.3. The molecule has 34 heavy (non-hydrogen) atoms. The molecule has 0 N–H and O–H groups in total. The average molecular weight is 481 g/mol. The molecule has 3 aromatic rings. The summed E-state index contributed by atoms with van der Waals surface area (Å²) >= 11 is 6.24. The number of ether oxygens (including phenoxy) is 1. The van der Waals surface area contributed by atoms with Gasteiger partial charge in [-0.25, -0.2) is 0 Å². The first-order chi connectivity index (χ1) is 16.4. The van der Waals surface area contributed by atoms with Crippen LogP contribution in [0.3, 0.4) is 0 Å². The van der Waals surface area contributed by atoms with Gasteiger partial charge in [0.2, 0.25) is 23.6 Å². The van der Waals surface area contributed by atoms with Crippen molar-refractivity contribution in [1.29, 1.82) is 0 Å². The molecule has 9 heteroatoms. The summed E-state index contributed by atoms with van der Waals surface area (Å²) in [5.74, 6) is 0.682. The van der Waals surface area contributed by atoms with Gasteiger partial charge in [0.15, 0.2) is 0 Å². The van der Waals surface area contributed by atoms with E-state index >= 15 is 0 Å². The molecule has 1 atom stereocenters. The van der Waals surface area contributed by atoms with Gasteiger partial charge in [-0.15, -0.1) is 10.2 Å². The number of aromatic nitrogens is 2. The number of carbonyl (C=O) groups excluding carboxylic acids is 2. The topological polar surface area (TPSA) is 88.8 Å². The molecule has 0 spiro atoms. The van der Waals surface area contributed by atoms with Crippen LogP contribution in [0.5, 0.6) is 5.75 Å². The van der Waals surface area contributed by atoms with E-state index in [1.165, 1.54) is 0 Å². The number of hydrogen-bond acceptors (Lipinski definition) is 6. The molecule has 2 heterocycles. The van der Waals surface area contributed by atoms with Crippen molar-refractivity contribution in [1.82, 2.24) is 15.1 Å². The number of amides is 2. The number of halogens is 1. The minimum absolute atomic E-state index is 0.0672. The minimum atomic E-state index is -0.440. The molecule has 1 aliphatic carbocycles. The van der Waals surface area contributed by atoms with E-state index in [-0.39, 0.29) is 30.8 Å². The van der Waals surface area contributed by atoms with E-state index in [1.807, 2.05) is 43.3 Å². The molecule has 2 aliphatic rings. The van der Waals surface area contributed by atoms with Gasteiger partial charge in [-0.3, -0.25) is 9.59 Å². The Morgan fingerprint density at radius 3 is 2.76 bits per heavy atom. The Kier molecular flexibility index (Phi) is 6.00. The molecule has 1 saturated heterocycles. The van der Waals surface area contributed by atoms with Gasteiger partial charge in [0.25, 0.3) is 0 Å². The number of carbonyl (C=O) groups is 2. The van der Waals surface area contributed by atoms with Crippen LogP contribution in [0.15, 0.2) is 46.9 Å². The fourth-order valence-electron chi connectivity index (χ4n) is 4.33. The van der Waals surface area contributed by atoms with Crippen LogP contribution >= 0.6 is 11.6 Å². The van der Waals surface area contributed by atoms with Crippen molar-refractivity contribution in [2.75, 3.05) is 18.6 Å². The van der Waals surface area contributed by atoms with E-state index < -0.39 is 5.92 Å². The Bertz CT molecular complexity index is 1240. The largest absolute Gasteiger partial charge is 0.495 e. The summed E-state index contributed by atoms with van der Waals surface area (Å²) in [5, 5.41) is 8.77. The van der Waals surface area contributed by atoms with Crippen LogP contribution in [-0.4, -0.2) is 46.6 Å². The van der Waals surface area contributed by atoms with Gasteiger partial charge in [0, 0.05) is 19.0 Å². The first-order valence-corrected chi connectivity index (χ1v) is 11.6. The normalized spacial score (nSPS) is 17.8. The Balaban J connectivity index is 1.33. The van der Waals surface area contributed by atoms with Gasteiger partial charge >= 0.3 is 0 Å². The highest BCUT2D eigenvalue weighted by Gasteiger charge is 2.42. The second kappa shape index (κ2) is 9.10. The van der Waals surface area contributed by atoms with Crippen molar-refractivity contribution < 1.29 is 18.7 Å². The Morgan fingerprint density at radius 1 is 1.24 bits per heavy atom. The number of anilines is 1. The van der Waals surface area contributed by atoms with Crippen molar-refractivity contribution in [2.24, 2.45) is 5.92 Å². The third-order valence-electron chi connectivity index (χ3n) is 6.25. The lowest BCUT2D eigenvalue weighted by Crippen LogP contribution is -2.38. The number of hydrogen-bond donors (Lipinski definition) is 0. The molecule has 0 unspecified atom stereocenters. The molecule has 2 amide bonds. The lowest BCUT2D eigenvalue weighted by molar-refractivity contribution is -0.137. The van der Waals surface area contributed by atoms with Gasteiger partial charge in [0.05, 0.1) is 35.8 Å². The average Bonchev–Trinajstić information content (AvgIpc) is 3.44. The second-order valence-corrected chi connectivity index (χ2v) is 9.17. The molecular formula is C25H25ClN4O4.